The van der Waals surface area contributed by atoms with Crippen LogP contribution < -0.4 is 10.6 Å². The van der Waals surface area contributed by atoms with Gasteiger partial charge in [0, 0.05) is 37.9 Å². The van der Waals surface area contributed by atoms with E-state index >= 15 is 0 Å². The summed E-state index contributed by atoms with van der Waals surface area (Å²) in [7, 11) is 0. The number of hydrogen-bond acceptors (Lipinski definition) is 3. The number of benzene rings is 1. The molecule has 0 spiro atoms. The smallest absolute Gasteiger partial charge is 0.321 e. The molecule has 1 saturated carbocycles. The lowest BCUT2D eigenvalue weighted by molar-refractivity contribution is -0.126. The second-order valence-corrected chi connectivity index (χ2v) is 7.36. The van der Waals surface area contributed by atoms with E-state index in [0.29, 0.717) is 48.0 Å². The standard InChI is InChI=1S/C17H22Cl2N4O2/c1-11(16(24)20-12-2-3-12)22-6-8-23(9-7-22)17(25)21-13-4-5-14(18)15(19)10-13/h4-5,10-12H,2-3,6-9H2,1H3,(H,20,24)(H,21,25). The number of urea groups is 1. The molecule has 6 nitrogen and oxygen atoms in total. The van der Waals surface area contributed by atoms with Gasteiger partial charge in [0.2, 0.25) is 5.91 Å². The van der Waals surface area contributed by atoms with Crippen LogP contribution in [-0.2, 0) is 4.79 Å². The van der Waals surface area contributed by atoms with Crippen molar-refractivity contribution >= 4 is 40.8 Å². The molecule has 1 saturated heterocycles. The molecule has 3 rings (SSSR count). The molecule has 1 unspecified atom stereocenters. The SMILES string of the molecule is CC(C(=O)NC1CC1)N1CCN(C(=O)Nc2ccc(Cl)c(Cl)c2)CC1. The molecule has 8 heteroatoms. The number of rotatable bonds is 4. The van der Waals surface area contributed by atoms with Crippen LogP contribution in [0.3, 0.4) is 0 Å². The fourth-order valence-corrected chi connectivity index (χ4v) is 3.10. The Morgan fingerprint density at radius 1 is 1.12 bits per heavy atom. The molecule has 1 aliphatic carbocycles. The molecule has 2 aliphatic rings. The normalized spacial score (nSPS) is 19.4. The summed E-state index contributed by atoms with van der Waals surface area (Å²) in [6.45, 7) is 4.42. The van der Waals surface area contributed by atoms with Crippen molar-refractivity contribution in [3.05, 3.63) is 28.2 Å². The molecule has 25 heavy (non-hydrogen) atoms. The highest BCUT2D eigenvalue weighted by molar-refractivity contribution is 6.42. The average molecular weight is 385 g/mol. The summed E-state index contributed by atoms with van der Waals surface area (Å²) < 4.78 is 0. The van der Waals surface area contributed by atoms with Crippen molar-refractivity contribution in [2.75, 3.05) is 31.5 Å². The van der Waals surface area contributed by atoms with Crippen LogP contribution in [0.15, 0.2) is 18.2 Å². The molecular weight excluding hydrogens is 363 g/mol. The van der Waals surface area contributed by atoms with Gasteiger partial charge in [-0.25, -0.2) is 4.79 Å². The first kappa shape index (κ1) is 18.3. The van der Waals surface area contributed by atoms with Crippen LogP contribution in [-0.4, -0.2) is 60.0 Å². The third-order valence-electron chi connectivity index (χ3n) is 4.62. The maximum Gasteiger partial charge on any atom is 0.321 e. The van der Waals surface area contributed by atoms with E-state index in [2.05, 4.69) is 15.5 Å². The number of nitrogens with zero attached hydrogens (tertiary/aromatic N) is 2. The van der Waals surface area contributed by atoms with Crippen LogP contribution in [0.4, 0.5) is 10.5 Å². The van der Waals surface area contributed by atoms with E-state index < -0.39 is 0 Å². The summed E-state index contributed by atoms with van der Waals surface area (Å²) in [5.41, 5.74) is 0.610. The first-order valence-corrected chi connectivity index (χ1v) is 9.25. The van der Waals surface area contributed by atoms with Gasteiger partial charge in [-0.15, -0.1) is 0 Å². The summed E-state index contributed by atoms with van der Waals surface area (Å²) in [5.74, 6) is 0.0798. The third kappa shape index (κ3) is 4.77. The molecule has 136 valence electrons. The van der Waals surface area contributed by atoms with E-state index in [4.69, 9.17) is 23.2 Å². The molecular formula is C17H22Cl2N4O2. The second-order valence-electron chi connectivity index (χ2n) is 6.54. The van der Waals surface area contributed by atoms with E-state index in [9.17, 15) is 9.59 Å². The van der Waals surface area contributed by atoms with Crippen molar-refractivity contribution in [2.24, 2.45) is 0 Å². The van der Waals surface area contributed by atoms with Gasteiger partial charge in [0.05, 0.1) is 16.1 Å². The van der Waals surface area contributed by atoms with E-state index in [0.717, 1.165) is 12.8 Å². The molecule has 1 aromatic rings. The summed E-state index contributed by atoms with van der Waals surface area (Å²) >= 11 is 11.8. The Labute approximate surface area is 157 Å². The van der Waals surface area contributed by atoms with Gasteiger partial charge >= 0.3 is 6.03 Å². The Kier molecular flexibility index (Phi) is 5.71. The van der Waals surface area contributed by atoms with Gasteiger partial charge in [0.15, 0.2) is 0 Å². The van der Waals surface area contributed by atoms with Crippen molar-refractivity contribution in [3.63, 3.8) is 0 Å². The maximum absolute atomic E-state index is 12.4. The summed E-state index contributed by atoms with van der Waals surface area (Å²) in [5, 5.41) is 6.71. The second kappa shape index (κ2) is 7.81. The highest BCUT2D eigenvalue weighted by Gasteiger charge is 2.30. The molecule has 0 bridgehead atoms. The Balaban J connectivity index is 1.48. The predicted octanol–water partition coefficient (Wildman–Crippen LogP) is 2.81. The van der Waals surface area contributed by atoms with E-state index in [-0.39, 0.29) is 18.0 Å². The van der Waals surface area contributed by atoms with Crippen LogP contribution in [0.1, 0.15) is 19.8 Å². The lowest BCUT2D eigenvalue weighted by Gasteiger charge is -2.37. The van der Waals surface area contributed by atoms with Crippen LogP contribution in [0, 0.1) is 0 Å². The van der Waals surface area contributed by atoms with Crippen molar-refractivity contribution in [2.45, 2.75) is 31.8 Å². The highest BCUT2D eigenvalue weighted by Crippen LogP contribution is 2.25. The number of piperazine rings is 1. The van der Waals surface area contributed by atoms with Gasteiger partial charge in [0.1, 0.15) is 0 Å². The molecule has 1 heterocycles. The minimum absolute atomic E-state index is 0.0798. The van der Waals surface area contributed by atoms with Crippen LogP contribution in [0.2, 0.25) is 10.0 Å². The Morgan fingerprint density at radius 2 is 1.80 bits per heavy atom. The fourth-order valence-electron chi connectivity index (χ4n) is 2.80. The van der Waals surface area contributed by atoms with Gasteiger partial charge in [-0.05, 0) is 38.0 Å². The van der Waals surface area contributed by atoms with Gasteiger partial charge in [-0.1, -0.05) is 23.2 Å². The van der Waals surface area contributed by atoms with Crippen molar-refractivity contribution < 1.29 is 9.59 Å². The van der Waals surface area contributed by atoms with Crippen molar-refractivity contribution in [1.82, 2.24) is 15.1 Å². The maximum atomic E-state index is 12.4. The summed E-state index contributed by atoms with van der Waals surface area (Å²) in [4.78, 5) is 28.4. The average Bonchev–Trinajstić information content (AvgIpc) is 3.41. The largest absolute Gasteiger partial charge is 0.352 e. The number of hydrogen-bond donors (Lipinski definition) is 2. The zero-order valence-corrected chi connectivity index (χ0v) is 15.6. The van der Waals surface area contributed by atoms with Crippen LogP contribution in [0.5, 0.6) is 0 Å². The monoisotopic (exact) mass is 384 g/mol. The number of carbonyl (C=O) groups excluding carboxylic acids is 2. The Morgan fingerprint density at radius 3 is 2.40 bits per heavy atom. The van der Waals surface area contributed by atoms with Crippen molar-refractivity contribution in [1.29, 1.82) is 0 Å². The Hall–Kier alpha value is -1.50. The predicted molar refractivity (Wildman–Crippen MR) is 99.3 cm³/mol. The molecule has 2 N–H and O–H groups in total. The number of amides is 3. The minimum Gasteiger partial charge on any atom is -0.352 e. The van der Waals surface area contributed by atoms with E-state index in [1.54, 1.807) is 23.1 Å². The quantitative estimate of drug-likeness (QED) is 0.838. The number of nitrogens with one attached hydrogen (secondary N) is 2. The number of anilines is 1. The highest BCUT2D eigenvalue weighted by atomic mass is 35.5. The van der Waals surface area contributed by atoms with Crippen LogP contribution in [0.25, 0.3) is 0 Å². The lowest BCUT2D eigenvalue weighted by Crippen LogP contribution is -2.55. The third-order valence-corrected chi connectivity index (χ3v) is 5.36. The van der Waals surface area contributed by atoms with Gasteiger partial charge < -0.3 is 15.5 Å². The molecule has 0 radical (unpaired) electrons. The summed E-state index contributed by atoms with van der Waals surface area (Å²) in [6.07, 6.45) is 2.17. The molecule has 2 fully saturated rings. The molecule has 0 aromatic heterocycles. The number of carbonyl (C=O) groups is 2. The first-order chi connectivity index (χ1) is 11.9. The zero-order valence-electron chi connectivity index (χ0n) is 14.1. The van der Waals surface area contributed by atoms with Gasteiger partial charge in [-0.3, -0.25) is 9.69 Å². The minimum atomic E-state index is -0.173. The molecule has 1 aliphatic heterocycles. The lowest BCUT2D eigenvalue weighted by atomic mass is 10.2. The molecule has 3 amide bonds. The van der Waals surface area contributed by atoms with E-state index in [1.807, 2.05) is 6.92 Å². The van der Waals surface area contributed by atoms with E-state index in [1.165, 1.54) is 0 Å². The topological polar surface area (TPSA) is 64.7 Å². The zero-order chi connectivity index (χ0) is 18.0. The number of halogens is 2. The Bertz CT molecular complexity index is 658. The van der Waals surface area contributed by atoms with Gasteiger partial charge in [-0.2, -0.15) is 0 Å². The van der Waals surface area contributed by atoms with Crippen molar-refractivity contribution in [3.8, 4) is 0 Å². The fraction of sp³-hybridized carbons (Fsp3) is 0.529. The summed E-state index contributed by atoms with van der Waals surface area (Å²) in [6, 6.07) is 5.02. The first-order valence-electron chi connectivity index (χ1n) is 8.49. The molecule has 1 atom stereocenters. The van der Waals surface area contributed by atoms with Gasteiger partial charge in [0.25, 0.3) is 0 Å². The van der Waals surface area contributed by atoms with Crippen LogP contribution >= 0.6 is 23.2 Å². The molecule has 1 aromatic carbocycles.